The number of hydrogen-bond donors (Lipinski definition) is 0. The standard InChI is InChI=1S/C19H25N3O3/c1-21-17-8-4-3-7-15(17)16(11-18(21)23)19-20-24-13-14(25-19)12-22-9-5-2-6-10-22/h3-4,7-8,14,16H,2,5-6,9-13H2,1H3. The first kappa shape index (κ1) is 16.4. The number of benzene rings is 1. The second-order valence-electron chi connectivity index (χ2n) is 7.09. The fraction of sp³-hybridized carbons (Fsp3) is 0.579. The molecule has 1 saturated heterocycles. The van der Waals surface area contributed by atoms with E-state index in [9.17, 15) is 4.79 Å². The number of para-hydroxylation sites is 1. The molecule has 25 heavy (non-hydrogen) atoms. The number of amides is 1. The van der Waals surface area contributed by atoms with Crippen LogP contribution in [0.3, 0.4) is 0 Å². The molecule has 3 aliphatic heterocycles. The molecule has 0 bridgehead atoms. The van der Waals surface area contributed by atoms with Crippen molar-refractivity contribution >= 4 is 17.5 Å². The van der Waals surface area contributed by atoms with E-state index in [-0.39, 0.29) is 17.9 Å². The predicted octanol–water partition coefficient (Wildman–Crippen LogP) is 2.35. The zero-order chi connectivity index (χ0) is 17.2. The fourth-order valence-electron chi connectivity index (χ4n) is 3.94. The number of ether oxygens (including phenoxy) is 1. The molecule has 0 aromatic heterocycles. The molecule has 2 atom stereocenters. The highest BCUT2D eigenvalue weighted by Gasteiger charge is 2.36. The molecule has 0 aliphatic carbocycles. The quantitative estimate of drug-likeness (QED) is 0.845. The lowest BCUT2D eigenvalue weighted by atomic mass is 9.89. The lowest BCUT2D eigenvalue weighted by Crippen LogP contribution is -2.44. The second kappa shape index (κ2) is 7.04. The monoisotopic (exact) mass is 343 g/mol. The van der Waals surface area contributed by atoms with Gasteiger partial charge < -0.3 is 14.5 Å². The Morgan fingerprint density at radius 2 is 2.00 bits per heavy atom. The van der Waals surface area contributed by atoms with Gasteiger partial charge in [0.05, 0.1) is 5.92 Å². The average Bonchev–Trinajstić information content (AvgIpc) is 2.66. The van der Waals surface area contributed by atoms with Gasteiger partial charge >= 0.3 is 0 Å². The summed E-state index contributed by atoms with van der Waals surface area (Å²) in [6.07, 6.45) is 4.18. The summed E-state index contributed by atoms with van der Waals surface area (Å²) in [6.45, 7) is 3.59. The summed E-state index contributed by atoms with van der Waals surface area (Å²) in [5, 5.41) is 4.16. The van der Waals surface area contributed by atoms with E-state index in [1.165, 1.54) is 19.3 Å². The third-order valence-corrected chi connectivity index (χ3v) is 5.34. The molecule has 0 radical (unpaired) electrons. The van der Waals surface area contributed by atoms with Crippen LogP contribution in [0.2, 0.25) is 0 Å². The van der Waals surface area contributed by atoms with Crippen LogP contribution in [0.1, 0.15) is 37.2 Å². The molecule has 0 saturated carbocycles. The minimum atomic E-state index is -0.163. The van der Waals surface area contributed by atoms with E-state index in [2.05, 4.69) is 10.1 Å². The van der Waals surface area contributed by atoms with Crippen LogP contribution in [0.5, 0.6) is 0 Å². The van der Waals surface area contributed by atoms with Crippen molar-refractivity contribution < 1.29 is 14.4 Å². The molecule has 0 spiro atoms. The third-order valence-electron chi connectivity index (χ3n) is 5.34. The topological polar surface area (TPSA) is 54.4 Å². The van der Waals surface area contributed by atoms with Crippen molar-refractivity contribution in [2.45, 2.75) is 37.7 Å². The molecule has 134 valence electrons. The first-order valence-corrected chi connectivity index (χ1v) is 9.16. The number of piperidine rings is 1. The first-order chi connectivity index (χ1) is 12.2. The lowest BCUT2D eigenvalue weighted by Gasteiger charge is -2.35. The molecule has 6 nitrogen and oxygen atoms in total. The minimum absolute atomic E-state index is 0.0208. The van der Waals surface area contributed by atoms with Crippen LogP contribution >= 0.6 is 0 Å². The van der Waals surface area contributed by atoms with E-state index >= 15 is 0 Å². The molecule has 1 amide bonds. The number of carbonyl (C=O) groups excluding carboxylic acids is 1. The van der Waals surface area contributed by atoms with E-state index in [4.69, 9.17) is 9.57 Å². The summed E-state index contributed by atoms with van der Waals surface area (Å²) in [7, 11) is 1.82. The minimum Gasteiger partial charge on any atom is -0.470 e. The van der Waals surface area contributed by atoms with Gasteiger partial charge in [0.15, 0.2) is 6.61 Å². The van der Waals surface area contributed by atoms with Crippen LogP contribution in [0.25, 0.3) is 0 Å². The number of nitrogens with zero attached hydrogens (tertiary/aromatic N) is 3. The van der Waals surface area contributed by atoms with Gasteiger partial charge in [0, 0.05) is 25.7 Å². The molecule has 0 N–H and O–H groups in total. The Kier molecular flexibility index (Phi) is 4.61. The smallest absolute Gasteiger partial charge is 0.234 e. The highest BCUT2D eigenvalue weighted by atomic mass is 16.7. The van der Waals surface area contributed by atoms with Crippen molar-refractivity contribution in [3.8, 4) is 0 Å². The summed E-state index contributed by atoms with van der Waals surface area (Å²) in [5.41, 5.74) is 2.00. The SMILES string of the molecule is CN1C(=O)CC(C2=NOCC(CN3CCCCC3)O2)c2ccccc21. The van der Waals surface area contributed by atoms with E-state index in [0.717, 1.165) is 30.9 Å². The van der Waals surface area contributed by atoms with Gasteiger partial charge in [-0.1, -0.05) is 29.8 Å². The van der Waals surface area contributed by atoms with E-state index < -0.39 is 0 Å². The Labute approximate surface area is 148 Å². The zero-order valence-corrected chi connectivity index (χ0v) is 14.7. The molecule has 1 fully saturated rings. The van der Waals surface area contributed by atoms with Crippen molar-refractivity contribution in [1.82, 2.24) is 4.90 Å². The molecular weight excluding hydrogens is 318 g/mol. The maximum Gasteiger partial charge on any atom is 0.234 e. The van der Waals surface area contributed by atoms with Gasteiger partial charge in [-0.05, 0) is 37.6 Å². The average molecular weight is 343 g/mol. The summed E-state index contributed by atoms with van der Waals surface area (Å²) in [6, 6.07) is 7.95. The number of carbonyl (C=O) groups is 1. The lowest BCUT2D eigenvalue weighted by molar-refractivity contribution is -0.119. The maximum atomic E-state index is 12.4. The van der Waals surface area contributed by atoms with Crippen LogP contribution in [0, 0.1) is 0 Å². The van der Waals surface area contributed by atoms with Crippen molar-refractivity contribution in [1.29, 1.82) is 0 Å². The largest absolute Gasteiger partial charge is 0.470 e. The number of fused-ring (bicyclic) bond motifs is 1. The highest BCUT2D eigenvalue weighted by Crippen LogP contribution is 2.37. The molecule has 1 aromatic rings. The Bertz CT molecular complexity index is 670. The normalized spacial score (nSPS) is 27.2. The van der Waals surface area contributed by atoms with Crippen LogP contribution in [-0.2, 0) is 14.4 Å². The fourth-order valence-corrected chi connectivity index (χ4v) is 3.94. The molecular formula is C19H25N3O3. The summed E-state index contributed by atoms with van der Waals surface area (Å²) in [5.74, 6) is 0.458. The summed E-state index contributed by atoms with van der Waals surface area (Å²) in [4.78, 5) is 22.0. The van der Waals surface area contributed by atoms with Gasteiger partial charge in [0.25, 0.3) is 0 Å². The zero-order valence-electron chi connectivity index (χ0n) is 14.7. The van der Waals surface area contributed by atoms with E-state index in [1.54, 1.807) is 4.90 Å². The van der Waals surface area contributed by atoms with Crippen molar-refractivity contribution in [2.24, 2.45) is 5.16 Å². The van der Waals surface area contributed by atoms with Crippen molar-refractivity contribution in [3.05, 3.63) is 29.8 Å². The van der Waals surface area contributed by atoms with Gasteiger partial charge in [-0.2, -0.15) is 0 Å². The molecule has 4 rings (SSSR count). The summed E-state index contributed by atoms with van der Waals surface area (Å²) >= 11 is 0. The molecule has 3 aliphatic rings. The Morgan fingerprint density at radius 3 is 2.84 bits per heavy atom. The van der Waals surface area contributed by atoms with Crippen LogP contribution < -0.4 is 4.90 Å². The number of oxime groups is 1. The van der Waals surface area contributed by atoms with Crippen LogP contribution in [-0.4, -0.2) is 56.1 Å². The van der Waals surface area contributed by atoms with Gasteiger partial charge in [-0.25, -0.2) is 0 Å². The van der Waals surface area contributed by atoms with Gasteiger partial charge in [0.1, 0.15) is 6.10 Å². The molecule has 1 aromatic carbocycles. The number of hydrogen-bond acceptors (Lipinski definition) is 5. The maximum absolute atomic E-state index is 12.4. The number of likely N-dealkylation sites (tertiary alicyclic amines) is 1. The second-order valence-corrected chi connectivity index (χ2v) is 7.09. The van der Waals surface area contributed by atoms with Crippen LogP contribution in [0.15, 0.2) is 29.4 Å². The van der Waals surface area contributed by atoms with Crippen molar-refractivity contribution in [2.75, 3.05) is 38.2 Å². The Morgan fingerprint density at radius 1 is 1.20 bits per heavy atom. The molecule has 3 heterocycles. The van der Waals surface area contributed by atoms with Gasteiger partial charge in [0.2, 0.25) is 11.8 Å². The Hall–Kier alpha value is -2.08. The van der Waals surface area contributed by atoms with Gasteiger partial charge in [-0.15, -0.1) is 0 Å². The van der Waals surface area contributed by atoms with Crippen molar-refractivity contribution in [3.63, 3.8) is 0 Å². The van der Waals surface area contributed by atoms with E-state index in [0.29, 0.717) is 18.9 Å². The third kappa shape index (κ3) is 3.35. The number of rotatable bonds is 3. The number of anilines is 1. The highest BCUT2D eigenvalue weighted by molar-refractivity contribution is 6.02. The van der Waals surface area contributed by atoms with E-state index in [1.807, 2.05) is 31.3 Å². The molecule has 2 unspecified atom stereocenters. The predicted molar refractivity (Wildman–Crippen MR) is 95.8 cm³/mol. The van der Waals surface area contributed by atoms with Crippen LogP contribution in [0.4, 0.5) is 5.69 Å². The van der Waals surface area contributed by atoms with Gasteiger partial charge in [-0.3, -0.25) is 9.69 Å². The Balaban J connectivity index is 1.50. The molecule has 6 heteroatoms. The summed E-state index contributed by atoms with van der Waals surface area (Å²) < 4.78 is 6.18. The first-order valence-electron chi connectivity index (χ1n) is 9.16.